The van der Waals surface area contributed by atoms with Crippen LogP contribution in [0.5, 0.6) is 0 Å². The number of hydrogen-bond acceptors (Lipinski definition) is 7. The molecular formula is C29H28N4O3. The highest BCUT2D eigenvalue weighted by Gasteiger charge is 2.13. The molecule has 3 heterocycles. The van der Waals surface area contributed by atoms with E-state index in [1.54, 1.807) is 18.6 Å². The fourth-order valence-corrected chi connectivity index (χ4v) is 3.82. The zero-order valence-corrected chi connectivity index (χ0v) is 20.2. The average molecular weight is 481 g/mol. The number of ether oxygens (including phenoxy) is 1. The molecule has 0 atom stereocenters. The van der Waals surface area contributed by atoms with Crippen molar-refractivity contribution in [1.29, 1.82) is 0 Å². The van der Waals surface area contributed by atoms with Gasteiger partial charge in [0.1, 0.15) is 0 Å². The molecule has 0 aliphatic heterocycles. The van der Waals surface area contributed by atoms with E-state index in [1.165, 1.54) is 7.11 Å². The molecule has 4 rings (SSSR count). The summed E-state index contributed by atoms with van der Waals surface area (Å²) in [5.41, 5.74) is 5.11. The molecule has 0 spiro atoms. The van der Waals surface area contributed by atoms with Crippen molar-refractivity contribution in [3.05, 3.63) is 125 Å². The maximum Gasteiger partial charge on any atom is 0.309 e. The molecule has 0 N–H and O–H groups in total. The monoisotopic (exact) mass is 480 g/mol. The van der Waals surface area contributed by atoms with Crippen LogP contribution >= 0.6 is 0 Å². The number of pyridine rings is 3. The summed E-state index contributed by atoms with van der Waals surface area (Å²) < 4.78 is 4.69. The Labute approximate surface area is 210 Å². The van der Waals surface area contributed by atoms with E-state index in [-0.39, 0.29) is 24.6 Å². The Kier molecular flexibility index (Phi) is 8.62. The minimum Gasteiger partial charge on any atom is -0.469 e. The van der Waals surface area contributed by atoms with E-state index in [2.05, 4.69) is 19.9 Å². The third-order valence-corrected chi connectivity index (χ3v) is 5.72. The second-order valence-corrected chi connectivity index (χ2v) is 8.49. The normalized spacial score (nSPS) is 10.8. The molecule has 0 amide bonds. The minimum atomic E-state index is -0.288. The van der Waals surface area contributed by atoms with E-state index in [0.717, 1.165) is 28.2 Å². The van der Waals surface area contributed by atoms with Crippen molar-refractivity contribution in [3.63, 3.8) is 0 Å². The summed E-state index contributed by atoms with van der Waals surface area (Å²) in [5.74, 6) is -0.294. The number of Topliss-reactive ketones (excluding diaryl/α,β-unsaturated/α-hetero) is 1. The average Bonchev–Trinajstić information content (AvgIpc) is 2.91. The highest BCUT2D eigenvalue weighted by atomic mass is 16.5. The van der Waals surface area contributed by atoms with Gasteiger partial charge in [-0.3, -0.25) is 29.4 Å². The Bertz CT molecular complexity index is 1220. The smallest absolute Gasteiger partial charge is 0.309 e. The lowest BCUT2D eigenvalue weighted by Crippen LogP contribution is -2.24. The van der Waals surface area contributed by atoms with Gasteiger partial charge in [-0.15, -0.1) is 0 Å². The Morgan fingerprint density at radius 3 is 1.72 bits per heavy atom. The van der Waals surface area contributed by atoms with Crippen LogP contribution in [0.3, 0.4) is 0 Å². The summed E-state index contributed by atoms with van der Waals surface area (Å²) in [7, 11) is 1.37. The van der Waals surface area contributed by atoms with Crippen molar-refractivity contribution < 1.29 is 14.3 Å². The third-order valence-electron chi connectivity index (χ3n) is 5.72. The topological polar surface area (TPSA) is 85.3 Å². The number of rotatable bonds is 11. The molecule has 0 radical (unpaired) electrons. The van der Waals surface area contributed by atoms with Gasteiger partial charge in [-0.05, 0) is 47.5 Å². The molecular weight excluding hydrogens is 452 g/mol. The van der Waals surface area contributed by atoms with Crippen molar-refractivity contribution in [2.24, 2.45) is 0 Å². The van der Waals surface area contributed by atoms with Crippen LogP contribution in [0.15, 0.2) is 91.4 Å². The second kappa shape index (κ2) is 12.5. The van der Waals surface area contributed by atoms with Crippen molar-refractivity contribution in [2.75, 3.05) is 7.11 Å². The number of methoxy groups -OCH3 is 1. The van der Waals surface area contributed by atoms with Crippen molar-refractivity contribution >= 4 is 11.8 Å². The molecule has 0 fully saturated rings. The Hall–Kier alpha value is -4.23. The molecule has 0 aliphatic carbocycles. The first-order valence-electron chi connectivity index (χ1n) is 11.7. The molecule has 3 aromatic heterocycles. The molecule has 4 aromatic rings. The van der Waals surface area contributed by atoms with Gasteiger partial charge in [0.15, 0.2) is 5.78 Å². The number of carbonyl (C=O) groups is 2. The predicted octanol–water partition coefficient (Wildman–Crippen LogP) is 4.21. The standard InChI is InChI=1S/C29H28N4O3/c1-36-29(35)17-23-10-8-22(9-11-23)16-28(34)24-12-13-27(32-18-24)21-33(19-25-6-2-4-14-30-25)20-26-7-3-5-15-31-26/h2-15,18H,16-17,19-21H2,1H3. The van der Waals surface area contributed by atoms with Crippen LogP contribution in [0.1, 0.15) is 38.6 Å². The first-order chi connectivity index (χ1) is 17.6. The lowest BCUT2D eigenvalue weighted by Gasteiger charge is -2.21. The summed E-state index contributed by atoms with van der Waals surface area (Å²) >= 11 is 0. The fourth-order valence-electron chi connectivity index (χ4n) is 3.82. The number of hydrogen-bond donors (Lipinski definition) is 0. The van der Waals surface area contributed by atoms with Gasteiger partial charge in [-0.1, -0.05) is 36.4 Å². The van der Waals surface area contributed by atoms with Crippen molar-refractivity contribution in [3.8, 4) is 0 Å². The van der Waals surface area contributed by atoms with E-state index < -0.39 is 0 Å². The summed E-state index contributed by atoms with van der Waals surface area (Å²) in [6.07, 6.45) is 5.71. The van der Waals surface area contributed by atoms with Crippen LogP contribution in [0, 0.1) is 0 Å². The molecule has 0 saturated carbocycles. The summed E-state index contributed by atoms with van der Waals surface area (Å²) in [6.45, 7) is 1.92. The maximum atomic E-state index is 12.8. The molecule has 0 bridgehead atoms. The zero-order valence-electron chi connectivity index (χ0n) is 20.2. The van der Waals surface area contributed by atoms with Crippen LogP contribution in [-0.2, 0) is 42.0 Å². The Balaban J connectivity index is 1.39. The van der Waals surface area contributed by atoms with Crippen LogP contribution in [0.25, 0.3) is 0 Å². The van der Waals surface area contributed by atoms with Gasteiger partial charge in [-0.25, -0.2) is 0 Å². The first-order valence-corrected chi connectivity index (χ1v) is 11.7. The SMILES string of the molecule is COC(=O)Cc1ccc(CC(=O)c2ccc(CN(Cc3ccccn3)Cc3ccccn3)nc2)cc1. The van der Waals surface area contributed by atoms with E-state index in [0.29, 0.717) is 25.2 Å². The van der Waals surface area contributed by atoms with Crippen molar-refractivity contribution in [1.82, 2.24) is 19.9 Å². The predicted molar refractivity (Wildman–Crippen MR) is 136 cm³/mol. The number of benzene rings is 1. The maximum absolute atomic E-state index is 12.8. The first kappa shape index (κ1) is 24.9. The Morgan fingerprint density at radius 2 is 1.25 bits per heavy atom. The molecule has 7 nitrogen and oxygen atoms in total. The van der Waals surface area contributed by atoms with Crippen LogP contribution in [0.4, 0.5) is 0 Å². The largest absolute Gasteiger partial charge is 0.469 e. The van der Waals surface area contributed by atoms with E-state index >= 15 is 0 Å². The number of esters is 1. The quantitative estimate of drug-likeness (QED) is 0.235. The molecule has 0 aliphatic rings. The lowest BCUT2D eigenvalue weighted by molar-refractivity contribution is -0.139. The van der Waals surface area contributed by atoms with Gasteiger partial charge < -0.3 is 4.74 Å². The molecule has 36 heavy (non-hydrogen) atoms. The molecule has 0 unspecified atom stereocenters. The number of aromatic nitrogens is 3. The van der Waals surface area contributed by atoms with E-state index in [9.17, 15) is 9.59 Å². The molecule has 1 aromatic carbocycles. The number of carbonyl (C=O) groups excluding carboxylic acids is 2. The molecule has 7 heteroatoms. The number of ketones is 1. The van der Waals surface area contributed by atoms with Gasteiger partial charge in [0, 0.05) is 50.2 Å². The summed E-state index contributed by atoms with van der Waals surface area (Å²) in [4.78, 5) is 39.9. The van der Waals surface area contributed by atoms with E-state index in [4.69, 9.17) is 4.74 Å². The lowest BCUT2D eigenvalue weighted by atomic mass is 10.0. The van der Waals surface area contributed by atoms with Crippen molar-refractivity contribution in [2.45, 2.75) is 32.5 Å². The second-order valence-electron chi connectivity index (χ2n) is 8.49. The Morgan fingerprint density at radius 1 is 0.694 bits per heavy atom. The van der Waals surface area contributed by atoms with Gasteiger partial charge >= 0.3 is 5.97 Å². The molecule has 0 saturated heterocycles. The van der Waals surface area contributed by atoms with E-state index in [1.807, 2.05) is 72.8 Å². The highest BCUT2D eigenvalue weighted by Crippen LogP contribution is 2.14. The van der Waals surface area contributed by atoms with Crippen LogP contribution < -0.4 is 0 Å². The van der Waals surface area contributed by atoms with Crippen LogP contribution in [0.2, 0.25) is 0 Å². The summed E-state index contributed by atoms with van der Waals surface area (Å²) in [6, 6.07) is 22.9. The van der Waals surface area contributed by atoms with Gasteiger partial charge in [-0.2, -0.15) is 0 Å². The van der Waals surface area contributed by atoms with Gasteiger partial charge in [0.2, 0.25) is 0 Å². The zero-order chi connectivity index (χ0) is 25.2. The van der Waals surface area contributed by atoms with Gasteiger partial charge in [0.05, 0.1) is 30.6 Å². The molecule has 182 valence electrons. The summed E-state index contributed by atoms with van der Waals surface area (Å²) in [5, 5.41) is 0. The number of nitrogens with zero attached hydrogens (tertiary/aromatic N) is 4. The highest BCUT2D eigenvalue weighted by molar-refractivity contribution is 5.97. The van der Waals surface area contributed by atoms with Crippen LogP contribution in [-0.4, -0.2) is 38.7 Å². The van der Waals surface area contributed by atoms with Gasteiger partial charge in [0.25, 0.3) is 0 Å². The third kappa shape index (κ3) is 7.38. The minimum absolute atomic E-state index is 0.00593. The fraction of sp³-hybridized carbons (Fsp3) is 0.207.